The van der Waals surface area contributed by atoms with E-state index in [4.69, 9.17) is 4.98 Å². The number of pyridine rings is 1. The highest BCUT2D eigenvalue weighted by Gasteiger charge is 2.16. The first-order valence-electron chi connectivity index (χ1n) is 6.85. The Kier molecular flexibility index (Phi) is 3.48. The summed E-state index contributed by atoms with van der Waals surface area (Å²) in [6, 6.07) is 12.5. The van der Waals surface area contributed by atoms with Gasteiger partial charge in [-0.2, -0.15) is 5.10 Å². The smallest absolute Gasteiger partial charge is 0.0782 e. The van der Waals surface area contributed by atoms with Gasteiger partial charge in [0, 0.05) is 24.2 Å². The van der Waals surface area contributed by atoms with Crippen molar-refractivity contribution in [3.63, 3.8) is 0 Å². The molecule has 2 heterocycles. The molecule has 0 saturated carbocycles. The van der Waals surface area contributed by atoms with E-state index in [1.807, 2.05) is 42.3 Å². The third-order valence-electron chi connectivity index (χ3n) is 3.38. The summed E-state index contributed by atoms with van der Waals surface area (Å²) >= 11 is 0. The van der Waals surface area contributed by atoms with Gasteiger partial charge in [-0.25, -0.2) is 0 Å². The van der Waals surface area contributed by atoms with Crippen LogP contribution in [-0.2, 0) is 7.05 Å². The van der Waals surface area contributed by atoms with Gasteiger partial charge < -0.3 is 5.32 Å². The first-order valence-corrected chi connectivity index (χ1v) is 6.85. The van der Waals surface area contributed by atoms with E-state index in [1.165, 1.54) is 0 Å². The number of rotatable bonds is 4. The molecule has 4 heteroatoms. The molecule has 0 aliphatic rings. The van der Waals surface area contributed by atoms with Crippen LogP contribution in [0.3, 0.4) is 0 Å². The molecule has 0 radical (unpaired) electrons. The van der Waals surface area contributed by atoms with Gasteiger partial charge in [-0.1, -0.05) is 31.2 Å². The van der Waals surface area contributed by atoms with Crippen LogP contribution >= 0.6 is 0 Å². The van der Waals surface area contributed by atoms with Gasteiger partial charge in [0.2, 0.25) is 0 Å². The van der Waals surface area contributed by atoms with E-state index in [0.717, 1.165) is 28.7 Å². The van der Waals surface area contributed by atoms with Crippen molar-refractivity contribution in [1.29, 1.82) is 0 Å². The van der Waals surface area contributed by atoms with E-state index in [2.05, 4.69) is 35.5 Å². The number of hydrogen-bond acceptors (Lipinski definition) is 3. The summed E-state index contributed by atoms with van der Waals surface area (Å²) in [5.41, 5.74) is 3.19. The molecule has 4 nitrogen and oxygen atoms in total. The fourth-order valence-electron chi connectivity index (χ4n) is 2.43. The second kappa shape index (κ2) is 5.43. The Morgan fingerprint density at radius 3 is 2.80 bits per heavy atom. The third kappa shape index (κ3) is 2.42. The lowest BCUT2D eigenvalue weighted by atomic mass is 10.1. The zero-order valence-corrected chi connectivity index (χ0v) is 11.7. The lowest BCUT2D eigenvalue weighted by Gasteiger charge is -2.16. The predicted molar refractivity (Wildman–Crippen MR) is 80.5 cm³/mol. The lowest BCUT2D eigenvalue weighted by Crippen LogP contribution is -2.22. The molecule has 1 atom stereocenters. The largest absolute Gasteiger partial charge is 0.305 e. The Balaban J connectivity index is 2.04. The minimum absolute atomic E-state index is 0.0818. The highest BCUT2D eigenvalue weighted by atomic mass is 15.2. The monoisotopic (exact) mass is 266 g/mol. The number of fused-ring (bicyclic) bond motifs is 1. The van der Waals surface area contributed by atoms with Gasteiger partial charge in [-0.05, 0) is 18.7 Å². The zero-order valence-electron chi connectivity index (χ0n) is 11.7. The molecule has 0 bridgehead atoms. The van der Waals surface area contributed by atoms with E-state index >= 15 is 0 Å². The second-order valence-corrected chi connectivity index (χ2v) is 4.87. The Hall–Kier alpha value is -2.20. The summed E-state index contributed by atoms with van der Waals surface area (Å²) in [4.78, 5) is 4.78. The Morgan fingerprint density at radius 2 is 2.05 bits per heavy atom. The number of hydrogen-bond donors (Lipinski definition) is 1. The summed E-state index contributed by atoms with van der Waals surface area (Å²) in [6.45, 7) is 2.98. The van der Waals surface area contributed by atoms with Crippen molar-refractivity contribution in [1.82, 2.24) is 20.1 Å². The quantitative estimate of drug-likeness (QED) is 0.789. The maximum atomic E-state index is 4.78. The van der Waals surface area contributed by atoms with Crippen molar-refractivity contribution in [2.24, 2.45) is 7.05 Å². The maximum absolute atomic E-state index is 4.78. The number of nitrogens with one attached hydrogen (secondary N) is 1. The van der Waals surface area contributed by atoms with Crippen molar-refractivity contribution in [2.75, 3.05) is 6.54 Å². The van der Waals surface area contributed by atoms with Crippen molar-refractivity contribution < 1.29 is 0 Å². The molecule has 0 amide bonds. The fraction of sp³-hybridized carbons (Fsp3) is 0.250. The normalized spacial score (nSPS) is 12.7. The van der Waals surface area contributed by atoms with Crippen molar-refractivity contribution in [3.8, 4) is 0 Å². The molecule has 0 spiro atoms. The summed E-state index contributed by atoms with van der Waals surface area (Å²) < 4.78 is 1.82. The maximum Gasteiger partial charge on any atom is 0.0782 e. The van der Waals surface area contributed by atoms with Crippen LogP contribution in [0.2, 0.25) is 0 Å². The molecule has 0 fully saturated rings. The number of para-hydroxylation sites is 1. The van der Waals surface area contributed by atoms with Gasteiger partial charge >= 0.3 is 0 Å². The summed E-state index contributed by atoms with van der Waals surface area (Å²) in [6.07, 6.45) is 3.92. The molecule has 2 aromatic heterocycles. The highest BCUT2D eigenvalue weighted by Crippen LogP contribution is 2.22. The van der Waals surface area contributed by atoms with E-state index in [0.29, 0.717) is 0 Å². The van der Waals surface area contributed by atoms with Crippen LogP contribution in [0, 0.1) is 0 Å². The van der Waals surface area contributed by atoms with Crippen LogP contribution in [0.4, 0.5) is 0 Å². The van der Waals surface area contributed by atoms with Crippen LogP contribution in [0.1, 0.15) is 24.2 Å². The summed E-state index contributed by atoms with van der Waals surface area (Å²) in [5, 5.41) is 8.90. The lowest BCUT2D eigenvalue weighted by molar-refractivity contribution is 0.617. The number of benzene rings is 1. The number of nitrogens with zero attached hydrogens (tertiary/aromatic N) is 3. The Morgan fingerprint density at radius 1 is 1.20 bits per heavy atom. The standard InChI is InChI=1S/C16H18N4/c1-3-17-16(13-10-18-20(2)11-13)15-9-8-12-6-4-5-7-14(12)19-15/h4-11,16-17H,3H2,1-2H3. The summed E-state index contributed by atoms with van der Waals surface area (Å²) in [5.74, 6) is 0. The molecular formula is C16H18N4. The number of aryl methyl sites for hydroxylation is 1. The van der Waals surface area contributed by atoms with Gasteiger partial charge in [0.05, 0.1) is 23.4 Å². The van der Waals surface area contributed by atoms with Gasteiger partial charge in [0.1, 0.15) is 0 Å². The minimum Gasteiger partial charge on any atom is -0.305 e. The minimum atomic E-state index is 0.0818. The van der Waals surface area contributed by atoms with E-state index in [9.17, 15) is 0 Å². The average molecular weight is 266 g/mol. The SMILES string of the molecule is CCNC(c1cnn(C)c1)c1ccc2ccccc2n1. The second-order valence-electron chi connectivity index (χ2n) is 4.87. The molecule has 102 valence electrons. The highest BCUT2D eigenvalue weighted by molar-refractivity contribution is 5.78. The molecule has 1 aromatic carbocycles. The van der Waals surface area contributed by atoms with Crippen LogP contribution in [-0.4, -0.2) is 21.3 Å². The average Bonchev–Trinajstić information content (AvgIpc) is 2.90. The first-order chi connectivity index (χ1) is 9.78. The molecule has 0 saturated heterocycles. The molecule has 1 N–H and O–H groups in total. The first kappa shape index (κ1) is 12.8. The fourth-order valence-corrected chi connectivity index (χ4v) is 2.43. The van der Waals surface area contributed by atoms with Gasteiger partial charge in [-0.15, -0.1) is 0 Å². The van der Waals surface area contributed by atoms with Crippen LogP contribution in [0.5, 0.6) is 0 Å². The molecule has 20 heavy (non-hydrogen) atoms. The summed E-state index contributed by atoms with van der Waals surface area (Å²) in [7, 11) is 1.93. The molecule has 0 aliphatic heterocycles. The van der Waals surface area contributed by atoms with Gasteiger partial charge in [-0.3, -0.25) is 9.67 Å². The third-order valence-corrected chi connectivity index (χ3v) is 3.38. The number of aromatic nitrogens is 3. The molecule has 0 aliphatic carbocycles. The van der Waals surface area contributed by atoms with Crippen LogP contribution in [0.15, 0.2) is 48.8 Å². The van der Waals surface area contributed by atoms with E-state index in [1.54, 1.807) is 0 Å². The molecule has 1 unspecified atom stereocenters. The van der Waals surface area contributed by atoms with Crippen LogP contribution in [0.25, 0.3) is 10.9 Å². The van der Waals surface area contributed by atoms with Crippen molar-refractivity contribution in [2.45, 2.75) is 13.0 Å². The van der Waals surface area contributed by atoms with Gasteiger partial charge in [0.25, 0.3) is 0 Å². The molecule has 3 rings (SSSR count). The van der Waals surface area contributed by atoms with Crippen molar-refractivity contribution in [3.05, 3.63) is 60.0 Å². The van der Waals surface area contributed by atoms with Crippen LogP contribution < -0.4 is 5.32 Å². The zero-order chi connectivity index (χ0) is 13.9. The predicted octanol–water partition coefficient (Wildman–Crippen LogP) is 2.67. The Bertz CT molecular complexity index is 717. The Labute approximate surface area is 118 Å². The van der Waals surface area contributed by atoms with E-state index < -0.39 is 0 Å². The van der Waals surface area contributed by atoms with Crippen molar-refractivity contribution >= 4 is 10.9 Å². The van der Waals surface area contributed by atoms with Gasteiger partial charge in [0.15, 0.2) is 0 Å². The molecular weight excluding hydrogens is 248 g/mol. The molecule has 3 aromatic rings. The van der Waals surface area contributed by atoms with E-state index in [-0.39, 0.29) is 6.04 Å². The topological polar surface area (TPSA) is 42.7 Å².